The predicted molar refractivity (Wildman–Crippen MR) is 72.4 cm³/mol. The Morgan fingerprint density at radius 2 is 2.10 bits per heavy atom. The van der Waals surface area contributed by atoms with E-state index in [1.807, 2.05) is 0 Å². The SMILES string of the molecule is O=[N+]([O-])O.OC(Cn1ccnc1)c1ccc(Cl)cc1Cl. The lowest BCUT2D eigenvalue weighted by atomic mass is 10.1. The van der Waals surface area contributed by atoms with Gasteiger partial charge in [-0.05, 0) is 12.1 Å². The molecule has 0 bridgehead atoms. The molecule has 0 aliphatic heterocycles. The van der Waals surface area contributed by atoms with Gasteiger partial charge in [-0.2, -0.15) is 0 Å². The van der Waals surface area contributed by atoms with Gasteiger partial charge in [0.2, 0.25) is 0 Å². The Morgan fingerprint density at radius 3 is 2.60 bits per heavy atom. The van der Waals surface area contributed by atoms with Crippen LogP contribution >= 0.6 is 23.2 Å². The Bertz CT molecular complexity index is 559. The van der Waals surface area contributed by atoms with E-state index in [0.29, 0.717) is 22.2 Å². The Labute approximate surface area is 124 Å². The molecule has 2 aromatic rings. The maximum atomic E-state index is 9.99. The third-order valence-corrected chi connectivity index (χ3v) is 2.83. The lowest BCUT2D eigenvalue weighted by Gasteiger charge is -2.13. The van der Waals surface area contributed by atoms with Crippen LogP contribution in [0, 0.1) is 10.1 Å². The highest BCUT2D eigenvalue weighted by molar-refractivity contribution is 6.35. The van der Waals surface area contributed by atoms with Gasteiger partial charge in [0.05, 0.1) is 19.0 Å². The summed E-state index contributed by atoms with van der Waals surface area (Å²) in [4.78, 5) is 12.3. The van der Waals surface area contributed by atoms with Crippen molar-refractivity contribution in [1.82, 2.24) is 9.55 Å². The van der Waals surface area contributed by atoms with Crippen LogP contribution in [0.3, 0.4) is 0 Å². The Kier molecular flexibility index (Phi) is 6.23. The second kappa shape index (κ2) is 7.68. The number of imidazole rings is 1. The zero-order valence-corrected chi connectivity index (χ0v) is 11.6. The lowest BCUT2D eigenvalue weighted by molar-refractivity contribution is -0.742. The first kappa shape index (κ1) is 16.2. The molecular formula is C11H11Cl2N3O4. The largest absolute Gasteiger partial charge is 0.386 e. The first-order valence-corrected chi connectivity index (χ1v) is 6.07. The van der Waals surface area contributed by atoms with E-state index in [1.165, 1.54) is 0 Å². The third kappa shape index (κ3) is 5.43. The van der Waals surface area contributed by atoms with Crippen LogP contribution in [0.2, 0.25) is 10.0 Å². The molecular weight excluding hydrogens is 309 g/mol. The monoisotopic (exact) mass is 319 g/mol. The van der Waals surface area contributed by atoms with Crippen molar-refractivity contribution in [2.24, 2.45) is 0 Å². The van der Waals surface area contributed by atoms with Gasteiger partial charge in [0.1, 0.15) is 0 Å². The molecule has 0 spiro atoms. The first-order chi connectivity index (χ1) is 9.40. The van der Waals surface area contributed by atoms with Gasteiger partial charge in [0.25, 0.3) is 5.09 Å². The number of rotatable bonds is 3. The van der Waals surface area contributed by atoms with Gasteiger partial charge in [-0.1, -0.05) is 29.3 Å². The summed E-state index contributed by atoms with van der Waals surface area (Å²) in [5.74, 6) is 0. The molecule has 1 unspecified atom stereocenters. The van der Waals surface area contributed by atoms with Crippen molar-refractivity contribution < 1.29 is 15.4 Å². The van der Waals surface area contributed by atoms with Crippen molar-refractivity contribution >= 4 is 23.2 Å². The Balaban J connectivity index is 0.000000444. The zero-order valence-electron chi connectivity index (χ0n) is 10.1. The highest BCUT2D eigenvalue weighted by Crippen LogP contribution is 2.27. The first-order valence-electron chi connectivity index (χ1n) is 5.32. The van der Waals surface area contributed by atoms with Crippen molar-refractivity contribution in [1.29, 1.82) is 0 Å². The Hall–Kier alpha value is -1.83. The number of hydrogen-bond acceptors (Lipinski definition) is 4. The van der Waals surface area contributed by atoms with Crippen LogP contribution in [0.5, 0.6) is 0 Å². The van der Waals surface area contributed by atoms with E-state index in [1.54, 1.807) is 41.5 Å². The van der Waals surface area contributed by atoms with Gasteiger partial charge in [-0.15, -0.1) is 10.1 Å². The molecule has 9 heteroatoms. The number of aliphatic hydroxyl groups excluding tert-OH is 1. The van der Waals surface area contributed by atoms with Crippen molar-refractivity contribution in [3.63, 3.8) is 0 Å². The summed E-state index contributed by atoms with van der Waals surface area (Å²) >= 11 is 11.8. The average Bonchev–Trinajstić information content (AvgIpc) is 2.80. The predicted octanol–water partition coefficient (Wildman–Crippen LogP) is 2.58. The molecule has 2 N–H and O–H groups in total. The number of benzene rings is 1. The fourth-order valence-electron chi connectivity index (χ4n) is 1.46. The maximum Gasteiger partial charge on any atom is 0.291 e. The molecule has 108 valence electrons. The van der Waals surface area contributed by atoms with Crippen molar-refractivity contribution in [3.8, 4) is 0 Å². The molecule has 1 heterocycles. The van der Waals surface area contributed by atoms with Crippen LogP contribution in [0.4, 0.5) is 0 Å². The average molecular weight is 320 g/mol. The Morgan fingerprint density at radius 1 is 1.45 bits per heavy atom. The lowest BCUT2D eigenvalue weighted by Crippen LogP contribution is -2.07. The molecule has 0 fully saturated rings. The molecule has 7 nitrogen and oxygen atoms in total. The zero-order chi connectivity index (χ0) is 15.1. The van der Waals surface area contributed by atoms with E-state index in [9.17, 15) is 5.11 Å². The van der Waals surface area contributed by atoms with E-state index < -0.39 is 11.2 Å². The molecule has 1 aromatic heterocycles. The van der Waals surface area contributed by atoms with Crippen molar-refractivity contribution in [2.75, 3.05) is 0 Å². The van der Waals surface area contributed by atoms with Crippen LogP contribution in [-0.4, -0.2) is 25.0 Å². The minimum absolute atomic E-state index is 0.418. The molecule has 0 aliphatic carbocycles. The van der Waals surface area contributed by atoms with Crippen molar-refractivity contribution in [2.45, 2.75) is 12.6 Å². The number of halogens is 2. The normalized spacial score (nSPS) is 11.3. The highest BCUT2D eigenvalue weighted by Gasteiger charge is 2.12. The topological polar surface area (TPSA) is 101 Å². The molecule has 0 saturated carbocycles. The summed E-state index contributed by atoms with van der Waals surface area (Å²) in [6.45, 7) is 0.418. The number of aromatic nitrogens is 2. The minimum Gasteiger partial charge on any atom is -0.386 e. The van der Waals surface area contributed by atoms with Crippen LogP contribution < -0.4 is 0 Å². The minimum atomic E-state index is -1.50. The molecule has 0 amide bonds. The van der Waals surface area contributed by atoms with Gasteiger partial charge in [0, 0.05) is 28.0 Å². The van der Waals surface area contributed by atoms with Crippen LogP contribution in [-0.2, 0) is 6.54 Å². The van der Waals surface area contributed by atoms with Crippen LogP contribution in [0.25, 0.3) is 0 Å². The molecule has 1 aromatic carbocycles. The smallest absolute Gasteiger partial charge is 0.291 e. The van der Waals surface area contributed by atoms with E-state index >= 15 is 0 Å². The number of nitrogens with zero attached hydrogens (tertiary/aromatic N) is 3. The van der Waals surface area contributed by atoms with Gasteiger partial charge in [0.15, 0.2) is 0 Å². The highest BCUT2D eigenvalue weighted by atomic mass is 35.5. The molecule has 0 saturated heterocycles. The molecule has 0 aliphatic rings. The summed E-state index contributed by atoms with van der Waals surface area (Å²) in [5, 5.41) is 24.7. The summed E-state index contributed by atoms with van der Waals surface area (Å²) < 4.78 is 1.79. The van der Waals surface area contributed by atoms with E-state index in [0.717, 1.165) is 0 Å². The summed E-state index contributed by atoms with van der Waals surface area (Å²) in [6.07, 6.45) is 4.43. The van der Waals surface area contributed by atoms with Gasteiger partial charge < -0.3 is 14.9 Å². The molecule has 0 radical (unpaired) electrons. The molecule has 20 heavy (non-hydrogen) atoms. The third-order valence-electron chi connectivity index (χ3n) is 2.26. The fourth-order valence-corrected chi connectivity index (χ4v) is 2.00. The second-order valence-electron chi connectivity index (χ2n) is 3.68. The molecule has 1 atom stereocenters. The van der Waals surface area contributed by atoms with Crippen LogP contribution in [0.15, 0.2) is 36.9 Å². The van der Waals surface area contributed by atoms with Crippen LogP contribution in [0.1, 0.15) is 11.7 Å². The number of aliphatic hydroxyl groups is 1. The summed E-state index contributed by atoms with van der Waals surface area (Å²) in [6, 6.07) is 5.06. The van der Waals surface area contributed by atoms with Gasteiger partial charge in [-0.3, -0.25) is 0 Å². The molecule has 2 rings (SSSR count). The standard InChI is InChI=1S/C11H10Cl2N2O.HNO3/c12-8-1-2-9(10(13)5-8)11(16)6-15-4-3-14-7-15;2-1(3)4/h1-5,7,11,16H,6H2;(H,2,3,4). The summed E-state index contributed by atoms with van der Waals surface area (Å²) in [7, 11) is 0. The number of hydrogen-bond donors (Lipinski definition) is 2. The van der Waals surface area contributed by atoms with E-state index in [2.05, 4.69) is 4.98 Å². The van der Waals surface area contributed by atoms with E-state index in [4.69, 9.17) is 38.5 Å². The van der Waals surface area contributed by atoms with Gasteiger partial charge >= 0.3 is 0 Å². The second-order valence-corrected chi connectivity index (χ2v) is 4.52. The van der Waals surface area contributed by atoms with Gasteiger partial charge in [-0.25, -0.2) is 4.98 Å². The van der Waals surface area contributed by atoms with E-state index in [-0.39, 0.29) is 0 Å². The fraction of sp³-hybridized carbons (Fsp3) is 0.182. The van der Waals surface area contributed by atoms with Crippen molar-refractivity contribution in [3.05, 3.63) is 62.6 Å². The maximum absolute atomic E-state index is 9.99. The quantitative estimate of drug-likeness (QED) is 0.668. The summed E-state index contributed by atoms with van der Waals surface area (Å²) in [5.41, 5.74) is 0.666.